The van der Waals surface area contributed by atoms with E-state index in [1.165, 1.54) is 12.1 Å². The molecular weight excluding hydrogens is 327 g/mol. The molecule has 1 amide bonds. The minimum atomic E-state index is -1.33. The number of carboxylic acid groups (broad SMARTS) is 1. The molecule has 25 heavy (non-hydrogen) atoms. The molecule has 1 fully saturated rings. The number of aliphatic carboxylic acids is 1. The molecule has 0 saturated heterocycles. The Labute approximate surface area is 143 Å². The molecule has 1 aliphatic carbocycles. The molecule has 7 heteroatoms. The highest BCUT2D eigenvalue weighted by Gasteiger charge is 2.42. The second kappa shape index (κ2) is 6.31. The maximum Gasteiger partial charge on any atom is 0.329 e. The average Bonchev–Trinajstić information content (AvgIpc) is 2.55. The molecule has 3 N–H and O–H groups in total. The SMILES string of the molecule is CC1CCC(NC(=O)c2cc(=O)[nH]c3cc(F)ccc23)(C(=O)O)CC1. The Balaban J connectivity index is 1.99. The number of aromatic amines is 1. The molecule has 6 nitrogen and oxygen atoms in total. The maximum absolute atomic E-state index is 13.4. The quantitative estimate of drug-likeness (QED) is 0.795. The molecule has 132 valence electrons. The molecule has 1 aromatic heterocycles. The van der Waals surface area contributed by atoms with E-state index in [2.05, 4.69) is 10.3 Å². The van der Waals surface area contributed by atoms with Crippen LogP contribution in [0.5, 0.6) is 0 Å². The largest absolute Gasteiger partial charge is 0.480 e. The van der Waals surface area contributed by atoms with Crippen molar-refractivity contribution in [1.82, 2.24) is 10.3 Å². The van der Waals surface area contributed by atoms with Gasteiger partial charge in [0.15, 0.2) is 0 Å². The Bertz CT molecular complexity index is 898. The third-order valence-corrected chi connectivity index (χ3v) is 4.94. The van der Waals surface area contributed by atoms with Crippen LogP contribution in [-0.4, -0.2) is 27.5 Å². The summed E-state index contributed by atoms with van der Waals surface area (Å²) in [7, 11) is 0. The summed E-state index contributed by atoms with van der Waals surface area (Å²) in [5, 5.41) is 12.6. The van der Waals surface area contributed by atoms with Crippen LogP contribution in [0.1, 0.15) is 43.0 Å². The summed E-state index contributed by atoms with van der Waals surface area (Å²) < 4.78 is 13.4. The van der Waals surface area contributed by atoms with E-state index in [0.717, 1.165) is 12.1 Å². The summed E-state index contributed by atoms with van der Waals surface area (Å²) in [6.45, 7) is 2.05. The van der Waals surface area contributed by atoms with Crippen LogP contribution in [0.2, 0.25) is 0 Å². The highest BCUT2D eigenvalue weighted by Crippen LogP contribution is 2.32. The number of hydrogen-bond acceptors (Lipinski definition) is 3. The highest BCUT2D eigenvalue weighted by atomic mass is 19.1. The Morgan fingerprint density at radius 3 is 2.60 bits per heavy atom. The monoisotopic (exact) mass is 346 g/mol. The van der Waals surface area contributed by atoms with Gasteiger partial charge >= 0.3 is 5.97 Å². The van der Waals surface area contributed by atoms with E-state index in [1.807, 2.05) is 6.92 Å². The molecule has 2 aromatic rings. The smallest absolute Gasteiger partial charge is 0.329 e. The molecule has 3 rings (SSSR count). The standard InChI is InChI=1S/C18H19FN2O4/c1-10-4-6-18(7-5-10,17(24)25)21-16(23)13-9-15(22)20-14-8-11(19)2-3-12(13)14/h2-3,8-10H,4-7H2,1H3,(H,20,22)(H,21,23)(H,24,25). The Morgan fingerprint density at radius 2 is 1.96 bits per heavy atom. The van der Waals surface area contributed by atoms with Crippen LogP contribution in [0.25, 0.3) is 10.9 Å². The lowest BCUT2D eigenvalue weighted by Crippen LogP contribution is -2.56. The number of benzene rings is 1. The van der Waals surface area contributed by atoms with Gasteiger partial charge < -0.3 is 15.4 Å². The summed E-state index contributed by atoms with van der Waals surface area (Å²) in [6.07, 6.45) is 2.08. The number of hydrogen-bond donors (Lipinski definition) is 3. The topological polar surface area (TPSA) is 99.3 Å². The number of halogens is 1. The van der Waals surface area contributed by atoms with E-state index < -0.39 is 28.8 Å². The van der Waals surface area contributed by atoms with Crippen molar-refractivity contribution in [3.8, 4) is 0 Å². The van der Waals surface area contributed by atoms with Gasteiger partial charge in [-0.15, -0.1) is 0 Å². The number of pyridine rings is 1. The number of carboxylic acids is 1. The van der Waals surface area contributed by atoms with Crippen molar-refractivity contribution in [3.63, 3.8) is 0 Å². The van der Waals surface area contributed by atoms with Crippen LogP contribution in [0.15, 0.2) is 29.1 Å². The molecular formula is C18H19FN2O4. The zero-order valence-corrected chi connectivity index (χ0v) is 13.8. The van der Waals surface area contributed by atoms with Crippen molar-refractivity contribution in [2.75, 3.05) is 0 Å². The molecule has 0 aliphatic heterocycles. The van der Waals surface area contributed by atoms with E-state index in [-0.39, 0.29) is 11.1 Å². The lowest BCUT2D eigenvalue weighted by atomic mass is 9.77. The van der Waals surface area contributed by atoms with E-state index >= 15 is 0 Å². The van der Waals surface area contributed by atoms with Crippen molar-refractivity contribution < 1.29 is 19.1 Å². The summed E-state index contributed by atoms with van der Waals surface area (Å²) in [4.78, 5) is 38.8. The third kappa shape index (κ3) is 3.26. The van der Waals surface area contributed by atoms with Gasteiger partial charge in [0, 0.05) is 11.5 Å². The molecule has 0 bridgehead atoms. The fraction of sp³-hybridized carbons (Fsp3) is 0.389. The fourth-order valence-electron chi connectivity index (χ4n) is 3.35. The number of fused-ring (bicyclic) bond motifs is 1. The zero-order valence-electron chi connectivity index (χ0n) is 13.8. The summed E-state index contributed by atoms with van der Waals surface area (Å²) in [5.41, 5.74) is -1.65. The molecule has 0 radical (unpaired) electrons. The number of H-pyrrole nitrogens is 1. The third-order valence-electron chi connectivity index (χ3n) is 4.94. The predicted molar refractivity (Wildman–Crippen MR) is 90.0 cm³/mol. The van der Waals surface area contributed by atoms with Gasteiger partial charge in [0.05, 0.1) is 11.1 Å². The summed E-state index contributed by atoms with van der Waals surface area (Å²) >= 11 is 0. The Hall–Kier alpha value is -2.70. The predicted octanol–water partition coefficient (Wildman–Crippen LogP) is 2.43. The number of carbonyl (C=O) groups excluding carboxylic acids is 1. The highest BCUT2D eigenvalue weighted by molar-refractivity contribution is 6.07. The Kier molecular flexibility index (Phi) is 4.32. The van der Waals surface area contributed by atoms with Crippen molar-refractivity contribution in [1.29, 1.82) is 0 Å². The number of rotatable bonds is 3. The van der Waals surface area contributed by atoms with Crippen LogP contribution in [0, 0.1) is 11.7 Å². The molecule has 0 atom stereocenters. The summed E-state index contributed by atoms with van der Waals surface area (Å²) in [5.74, 6) is -1.84. The van der Waals surface area contributed by atoms with Crippen LogP contribution >= 0.6 is 0 Å². The first-order valence-electron chi connectivity index (χ1n) is 8.19. The van der Waals surface area contributed by atoms with Gasteiger partial charge in [-0.25, -0.2) is 9.18 Å². The molecule has 1 saturated carbocycles. The first kappa shape index (κ1) is 17.1. The van der Waals surface area contributed by atoms with Crippen LogP contribution in [-0.2, 0) is 4.79 Å². The zero-order chi connectivity index (χ0) is 18.2. The fourth-order valence-corrected chi connectivity index (χ4v) is 3.35. The molecule has 0 unspecified atom stereocenters. The second-order valence-corrected chi connectivity index (χ2v) is 6.76. The molecule has 1 heterocycles. The lowest BCUT2D eigenvalue weighted by Gasteiger charge is -2.36. The van der Waals surface area contributed by atoms with Crippen molar-refractivity contribution >= 4 is 22.8 Å². The Morgan fingerprint density at radius 1 is 1.28 bits per heavy atom. The van der Waals surface area contributed by atoms with Gasteiger partial charge in [0.1, 0.15) is 11.4 Å². The van der Waals surface area contributed by atoms with Gasteiger partial charge in [-0.3, -0.25) is 9.59 Å². The van der Waals surface area contributed by atoms with E-state index in [1.54, 1.807) is 0 Å². The first-order chi connectivity index (χ1) is 11.8. The second-order valence-electron chi connectivity index (χ2n) is 6.76. The average molecular weight is 346 g/mol. The van der Waals surface area contributed by atoms with Gasteiger partial charge in [-0.1, -0.05) is 6.92 Å². The maximum atomic E-state index is 13.4. The van der Waals surface area contributed by atoms with E-state index in [4.69, 9.17) is 0 Å². The van der Waals surface area contributed by atoms with Crippen molar-refractivity contribution in [2.24, 2.45) is 5.92 Å². The van der Waals surface area contributed by atoms with Gasteiger partial charge in [-0.05, 0) is 49.8 Å². The van der Waals surface area contributed by atoms with Crippen molar-refractivity contribution in [2.45, 2.75) is 38.1 Å². The van der Waals surface area contributed by atoms with Crippen molar-refractivity contribution in [3.05, 3.63) is 46.0 Å². The molecule has 0 spiro atoms. The number of carbonyl (C=O) groups is 2. The van der Waals surface area contributed by atoms with Gasteiger partial charge in [0.2, 0.25) is 5.56 Å². The van der Waals surface area contributed by atoms with Crippen LogP contribution in [0.3, 0.4) is 0 Å². The number of aromatic nitrogens is 1. The lowest BCUT2D eigenvalue weighted by molar-refractivity contribution is -0.146. The first-order valence-corrected chi connectivity index (χ1v) is 8.19. The normalized spacial score (nSPS) is 23.4. The summed E-state index contributed by atoms with van der Waals surface area (Å²) in [6, 6.07) is 4.82. The number of nitrogens with one attached hydrogen (secondary N) is 2. The van der Waals surface area contributed by atoms with Crippen LogP contribution in [0.4, 0.5) is 4.39 Å². The van der Waals surface area contributed by atoms with E-state index in [0.29, 0.717) is 37.0 Å². The molecule has 1 aliphatic rings. The van der Waals surface area contributed by atoms with Gasteiger partial charge in [-0.2, -0.15) is 0 Å². The minimum Gasteiger partial charge on any atom is -0.480 e. The van der Waals surface area contributed by atoms with Crippen LogP contribution < -0.4 is 10.9 Å². The molecule has 1 aromatic carbocycles. The van der Waals surface area contributed by atoms with Gasteiger partial charge in [0.25, 0.3) is 5.91 Å². The number of amides is 1. The minimum absolute atomic E-state index is 0.0398. The van der Waals surface area contributed by atoms with E-state index in [9.17, 15) is 23.9 Å².